The first-order valence-corrected chi connectivity index (χ1v) is 6.37. The van der Waals surface area contributed by atoms with Crippen LogP contribution >= 0.6 is 15.9 Å². The first kappa shape index (κ1) is 13.6. The van der Waals surface area contributed by atoms with Crippen LogP contribution in [0.3, 0.4) is 0 Å². The van der Waals surface area contributed by atoms with Gasteiger partial charge in [-0.15, -0.1) is 0 Å². The van der Waals surface area contributed by atoms with Gasteiger partial charge in [0.15, 0.2) is 0 Å². The Kier molecular flexibility index (Phi) is 4.21. The van der Waals surface area contributed by atoms with E-state index in [1.165, 1.54) is 12.1 Å². The molecule has 6 heteroatoms. The summed E-state index contributed by atoms with van der Waals surface area (Å²) in [5.41, 5.74) is 0.677. The van der Waals surface area contributed by atoms with Gasteiger partial charge in [-0.2, -0.15) is 0 Å². The van der Waals surface area contributed by atoms with Crippen molar-refractivity contribution in [1.29, 1.82) is 0 Å². The number of benzene rings is 1. The van der Waals surface area contributed by atoms with Gasteiger partial charge >= 0.3 is 0 Å². The number of nitrogens with zero attached hydrogens (tertiary/aromatic N) is 2. The van der Waals surface area contributed by atoms with Crippen LogP contribution < -0.4 is 5.32 Å². The number of nitrogens with one attached hydrogen (secondary N) is 1. The van der Waals surface area contributed by atoms with Gasteiger partial charge in [-0.25, -0.2) is 14.4 Å². The molecular weight excluding hydrogens is 313 g/mol. The first-order valence-electron chi connectivity index (χ1n) is 5.58. The molecule has 2 aromatic rings. The fraction of sp³-hybridized carbons (Fsp3) is 0.154. The predicted molar refractivity (Wildman–Crippen MR) is 72.0 cm³/mol. The van der Waals surface area contributed by atoms with Gasteiger partial charge in [0.1, 0.15) is 11.6 Å². The molecule has 0 bridgehead atoms. The Hall–Kier alpha value is -1.82. The van der Waals surface area contributed by atoms with E-state index in [1.54, 1.807) is 25.3 Å². The largest absolute Gasteiger partial charge is 0.346 e. The van der Waals surface area contributed by atoms with E-state index in [0.717, 1.165) is 0 Å². The Balaban J connectivity index is 2.07. The molecule has 0 saturated carbocycles. The topological polar surface area (TPSA) is 54.9 Å². The lowest BCUT2D eigenvalue weighted by atomic mass is 10.2. The van der Waals surface area contributed by atoms with E-state index in [0.29, 0.717) is 16.0 Å². The van der Waals surface area contributed by atoms with Crippen molar-refractivity contribution in [3.8, 4) is 0 Å². The van der Waals surface area contributed by atoms with E-state index < -0.39 is 11.7 Å². The predicted octanol–water partition coefficient (Wildman–Crippen LogP) is 2.62. The van der Waals surface area contributed by atoms with E-state index in [9.17, 15) is 9.18 Å². The molecule has 0 spiro atoms. The van der Waals surface area contributed by atoms with Crippen LogP contribution in [0.1, 0.15) is 21.9 Å². The van der Waals surface area contributed by atoms with Crippen LogP contribution in [0.25, 0.3) is 0 Å². The molecule has 0 aliphatic heterocycles. The Labute approximate surface area is 118 Å². The van der Waals surface area contributed by atoms with Gasteiger partial charge in [-0.3, -0.25) is 4.79 Å². The van der Waals surface area contributed by atoms with Gasteiger partial charge in [-0.1, -0.05) is 15.9 Å². The molecule has 0 saturated heterocycles. The smallest absolute Gasteiger partial charge is 0.254 e. The van der Waals surface area contributed by atoms with E-state index in [-0.39, 0.29) is 12.1 Å². The maximum absolute atomic E-state index is 13.5. The van der Waals surface area contributed by atoms with Gasteiger partial charge in [-0.05, 0) is 31.2 Å². The van der Waals surface area contributed by atoms with Crippen molar-refractivity contribution in [2.45, 2.75) is 13.5 Å². The number of carbonyl (C=O) groups excluding carboxylic acids is 1. The Morgan fingerprint density at radius 1 is 1.42 bits per heavy atom. The van der Waals surface area contributed by atoms with Gasteiger partial charge in [0.25, 0.3) is 5.91 Å². The Morgan fingerprint density at radius 2 is 2.21 bits per heavy atom. The molecule has 4 nitrogen and oxygen atoms in total. The summed E-state index contributed by atoms with van der Waals surface area (Å²) in [4.78, 5) is 20.0. The molecule has 1 heterocycles. The van der Waals surface area contributed by atoms with E-state index in [4.69, 9.17) is 0 Å². The van der Waals surface area contributed by atoms with Crippen LogP contribution in [-0.2, 0) is 6.54 Å². The number of aryl methyl sites for hydroxylation is 1. The van der Waals surface area contributed by atoms with Gasteiger partial charge < -0.3 is 5.32 Å². The van der Waals surface area contributed by atoms with Crippen molar-refractivity contribution in [2.75, 3.05) is 0 Å². The highest BCUT2D eigenvalue weighted by molar-refractivity contribution is 9.10. The highest BCUT2D eigenvalue weighted by Gasteiger charge is 2.12. The Morgan fingerprint density at radius 3 is 2.95 bits per heavy atom. The lowest BCUT2D eigenvalue weighted by Crippen LogP contribution is -2.24. The summed E-state index contributed by atoms with van der Waals surface area (Å²) < 4.78 is 14.2. The van der Waals surface area contributed by atoms with E-state index in [2.05, 4.69) is 31.2 Å². The normalized spacial score (nSPS) is 10.3. The number of carbonyl (C=O) groups is 1. The maximum atomic E-state index is 13.5. The van der Waals surface area contributed by atoms with Crippen molar-refractivity contribution in [1.82, 2.24) is 15.3 Å². The summed E-state index contributed by atoms with van der Waals surface area (Å²) in [7, 11) is 0. The lowest BCUT2D eigenvalue weighted by Gasteiger charge is -2.06. The second-order valence-corrected chi connectivity index (χ2v) is 4.82. The van der Waals surface area contributed by atoms with Crippen LogP contribution in [-0.4, -0.2) is 15.9 Å². The average molecular weight is 324 g/mol. The van der Waals surface area contributed by atoms with Crippen molar-refractivity contribution in [2.24, 2.45) is 0 Å². The van der Waals surface area contributed by atoms with Gasteiger partial charge in [0, 0.05) is 10.7 Å². The molecule has 1 aromatic heterocycles. The van der Waals surface area contributed by atoms with Crippen LogP contribution in [0.2, 0.25) is 0 Å². The zero-order chi connectivity index (χ0) is 13.8. The van der Waals surface area contributed by atoms with Crippen LogP contribution in [0, 0.1) is 12.7 Å². The lowest BCUT2D eigenvalue weighted by molar-refractivity contribution is 0.0946. The van der Waals surface area contributed by atoms with E-state index in [1.807, 2.05) is 0 Å². The summed E-state index contributed by atoms with van der Waals surface area (Å²) in [5, 5.41) is 2.62. The molecule has 0 fully saturated rings. The monoisotopic (exact) mass is 323 g/mol. The molecule has 0 aliphatic carbocycles. The van der Waals surface area contributed by atoms with Crippen LogP contribution in [0.4, 0.5) is 4.39 Å². The molecule has 1 amide bonds. The SMILES string of the molecule is Cc1nccc(CNC(=O)c2cc(Br)ccc2F)n1. The molecule has 19 heavy (non-hydrogen) atoms. The minimum Gasteiger partial charge on any atom is -0.346 e. The number of halogens is 2. The molecule has 2 rings (SSSR count). The van der Waals surface area contributed by atoms with Crippen LogP contribution in [0.5, 0.6) is 0 Å². The van der Waals surface area contributed by atoms with Crippen molar-refractivity contribution in [3.05, 3.63) is 57.8 Å². The zero-order valence-corrected chi connectivity index (χ0v) is 11.7. The third-order valence-electron chi connectivity index (χ3n) is 2.44. The molecule has 1 N–H and O–H groups in total. The third-order valence-corrected chi connectivity index (χ3v) is 2.93. The maximum Gasteiger partial charge on any atom is 0.254 e. The second-order valence-electron chi connectivity index (χ2n) is 3.90. The molecular formula is C13H11BrFN3O. The minimum atomic E-state index is -0.556. The zero-order valence-electron chi connectivity index (χ0n) is 10.2. The number of hydrogen-bond donors (Lipinski definition) is 1. The number of rotatable bonds is 3. The number of aromatic nitrogens is 2. The quantitative estimate of drug-likeness (QED) is 0.944. The van der Waals surface area contributed by atoms with Crippen molar-refractivity contribution >= 4 is 21.8 Å². The highest BCUT2D eigenvalue weighted by Crippen LogP contribution is 2.15. The average Bonchev–Trinajstić information content (AvgIpc) is 2.39. The fourth-order valence-electron chi connectivity index (χ4n) is 1.54. The summed E-state index contributed by atoms with van der Waals surface area (Å²) in [5.74, 6) is -0.407. The second kappa shape index (κ2) is 5.88. The summed E-state index contributed by atoms with van der Waals surface area (Å²) in [6, 6.07) is 5.92. The number of amides is 1. The molecule has 98 valence electrons. The molecule has 0 aliphatic rings. The number of hydrogen-bond acceptors (Lipinski definition) is 3. The summed E-state index contributed by atoms with van der Waals surface area (Å²) in [6.07, 6.45) is 1.61. The molecule has 0 atom stereocenters. The third kappa shape index (κ3) is 3.57. The van der Waals surface area contributed by atoms with Crippen molar-refractivity contribution in [3.63, 3.8) is 0 Å². The van der Waals surface area contributed by atoms with Gasteiger partial charge in [0.2, 0.25) is 0 Å². The van der Waals surface area contributed by atoms with Crippen molar-refractivity contribution < 1.29 is 9.18 Å². The van der Waals surface area contributed by atoms with Gasteiger partial charge in [0.05, 0.1) is 17.8 Å². The highest BCUT2D eigenvalue weighted by atomic mass is 79.9. The Bertz CT molecular complexity index is 619. The summed E-state index contributed by atoms with van der Waals surface area (Å²) >= 11 is 3.20. The summed E-state index contributed by atoms with van der Waals surface area (Å²) in [6.45, 7) is 1.99. The standard InChI is InChI=1S/C13H11BrFN3O/c1-8-16-5-4-10(18-8)7-17-13(19)11-6-9(14)2-3-12(11)15/h2-6H,7H2,1H3,(H,17,19). The molecule has 0 unspecified atom stereocenters. The molecule has 0 radical (unpaired) electrons. The van der Waals surface area contributed by atoms with Crippen LogP contribution in [0.15, 0.2) is 34.9 Å². The minimum absolute atomic E-state index is 0.000142. The van der Waals surface area contributed by atoms with E-state index >= 15 is 0 Å². The first-order chi connectivity index (χ1) is 9.06. The fourth-order valence-corrected chi connectivity index (χ4v) is 1.90. The molecule has 1 aromatic carbocycles.